The van der Waals surface area contributed by atoms with Crippen molar-refractivity contribution in [3.63, 3.8) is 0 Å². The first-order valence-corrected chi connectivity index (χ1v) is 11.4. The number of esters is 1. The van der Waals surface area contributed by atoms with Gasteiger partial charge < -0.3 is 9.64 Å². The van der Waals surface area contributed by atoms with Crippen molar-refractivity contribution in [2.45, 2.75) is 46.5 Å². The molecule has 1 amide bonds. The highest BCUT2D eigenvalue weighted by atomic mass is 32.1. The van der Waals surface area contributed by atoms with Gasteiger partial charge in [0, 0.05) is 35.9 Å². The molecule has 3 aromatic rings. The Labute approximate surface area is 181 Å². The minimum absolute atomic E-state index is 0.0170. The number of carbonyl (C=O) groups excluding carboxylic acids is 2. The zero-order valence-corrected chi connectivity index (χ0v) is 18.7. The number of aromatic nitrogens is 2. The van der Waals surface area contributed by atoms with Crippen LogP contribution >= 0.6 is 11.3 Å². The molecule has 0 bridgehead atoms. The number of nitrogens with zero attached hydrogens (tertiary/aromatic N) is 3. The number of hydrogen-bond acceptors (Lipinski definition) is 5. The number of hydrogen-bond donors (Lipinski definition) is 0. The molecule has 0 saturated carbocycles. The Kier molecular flexibility index (Phi) is 7.63. The second kappa shape index (κ2) is 10.4. The number of fused-ring (bicyclic) bond motifs is 1. The molecule has 0 radical (unpaired) electrons. The number of carbonyl (C=O) groups is 2. The molecule has 2 heterocycles. The van der Waals surface area contributed by atoms with Gasteiger partial charge in [0.15, 0.2) is 4.96 Å². The molecule has 0 fully saturated rings. The number of imidazole rings is 1. The van der Waals surface area contributed by atoms with Crippen LogP contribution in [0.2, 0.25) is 0 Å². The van der Waals surface area contributed by atoms with Crippen molar-refractivity contribution < 1.29 is 14.3 Å². The van der Waals surface area contributed by atoms with Crippen LogP contribution in [0.1, 0.15) is 44.9 Å². The molecule has 1 aromatic carbocycles. The van der Waals surface area contributed by atoms with Gasteiger partial charge in [-0.15, -0.1) is 11.3 Å². The maximum atomic E-state index is 12.9. The van der Waals surface area contributed by atoms with E-state index in [1.54, 1.807) is 11.8 Å². The van der Waals surface area contributed by atoms with Crippen LogP contribution < -0.4 is 0 Å². The summed E-state index contributed by atoms with van der Waals surface area (Å²) in [5, 5.41) is 1.99. The normalized spacial score (nSPS) is 11.0. The lowest BCUT2D eigenvalue weighted by Gasteiger charge is -2.21. The molecule has 3 rings (SSSR count). The molecule has 2 aromatic heterocycles. The summed E-state index contributed by atoms with van der Waals surface area (Å²) in [6.07, 6.45) is 4.36. The van der Waals surface area contributed by atoms with Crippen LogP contribution in [0.4, 0.5) is 0 Å². The predicted molar refractivity (Wildman–Crippen MR) is 120 cm³/mol. The molecule has 6 nitrogen and oxygen atoms in total. The Balaban J connectivity index is 1.72. The van der Waals surface area contributed by atoms with Crippen molar-refractivity contribution in [1.29, 1.82) is 0 Å². The van der Waals surface area contributed by atoms with Gasteiger partial charge in [-0.25, -0.2) is 4.98 Å². The third-order valence-electron chi connectivity index (χ3n) is 5.01. The number of thiazole rings is 1. The molecule has 0 aliphatic carbocycles. The summed E-state index contributed by atoms with van der Waals surface area (Å²) in [5.41, 5.74) is 4.19. The van der Waals surface area contributed by atoms with Crippen molar-refractivity contribution in [2.24, 2.45) is 0 Å². The number of rotatable bonds is 10. The zero-order chi connectivity index (χ0) is 21.5. The molecule has 0 aliphatic rings. The quantitative estimate of drug-likeness (QED) is 0.451. The lowest BCUT2D eigenvalue weighted by molar-refractivity contribution is -0.144. The fourth-order valence-electron chi connectivity index (χ4n) is 3.36. The summed E-state index contributed by atoms with van der Waals surface area (Å²) >= 11 is 1.54. The minimum atomic E-state index is -0.266. The van der Waals surface area contributed by atoms with Crippen molar-refractivity contribution >= 4 is 28.2 Å². The molecule has 0 saturated heterocycles. The third-order valence-corrected chi connectivity index (χ3v) is 5.90. The van der Waals surface area contributed by atoms with E-state index in [1.807, 2.05) is 22.9 Å². The highest BCUT2D eigenvalue weighted by Gasteiger charge is 2.18. The summed E-state index contributed by atoms with van der Waals surface area (Å²) in [5.74, 6) is -0.249. The highest BCUT2D eigenvalue weighted by molar-refractivity contribution is 7.15. The van der Waals surface area contributed by atoms with Crippen LogP contribution in [-0.4, -0.2) is 45.9 Å². The number of benzene rings is 1. The first-order chi connectivity index (χ1) is 14.5. The van der Waals surface area contributed by atoms with Gasteiger partial charge in [0.2, 0.25) is 5.91 Å². The van der Waals surface area contributed by atoms with Gasteiger partial charge in [0.05, 0.1) is 25.1 Å². The average molecular weight is 428 g/mol. The minimum Gasteiger partial charge on any atom is -0.466 e. The average Bonchev–Trinajstić information content (AvgIpc) is 3.33. The van der Waals surface area contributed by atoms with Crippen molar-refractivity contribution in [3.8, 4) is 11.3 Å². The van der Waals surface area contributed by atoms with Crippen LogP contribution in [0.3, 0.4) is 0 Å². The van der Waals surface area contributed by atoms with Crippen LogP contribution in [0.5, 0.6) is 0 Å². The smallest absolute Gasteiger partial charge is 0.307 e. The standard InChI is InChI=1S/C23H29N3O3S/c1-4-12-25(13-11-22(28)29-6-3)21(27)14-19-16-30-23-24-20(15-26(19)23)18-9-7-17(5-2)8-10-18/h7-10,15-16H,4-6,11-14H2,1-3H3. The second-order valence-electron chi connectivity index (χ2n) is 7.17. The molecule has 0 spiro atoms. The van der Waals surface area contributed by atoms with Gasteiger partial charge in [-0.3, -0.25) is 14.0 Å². The summed E-state index contributed by atoms with van der Waals surface area (Å²) < 4.78 is 6.99. The molecule has 0 unspecified atom stereocenters. The number of amides is 1. The number of aryl methyl sites for hydroxylation is 1. The van der Waals surface area contributed by atoms with E-state index >= 15 is 0 Å². The van der Waals surface area contributed by atoms with E-state index < -0.39 is 0 Å². The molecule has 0 aliphatic heterocycles. The molecule has 30 heavy (non-hydrogen) atoms. The Morgan fingerprint density at radius 1 is 1.13 bits per heavy atom. The van der Waals surface area contributed by atoms with Crippen LogP contribution in [0.25, 0.3) is 16.2 Å². The van der Waals surface area contributed by atoms with Gasteiger partial charge in [-0.05, 0) is 25.3 Å². The lowest BCUT2D eigenvalue weighted by Crippen LogP contribution is -2.35. The van der Waals surface area contributed by atoms with Crippen molar-refractivity contribution in [1.82, 2.24) is 14.3 Å². The van der Waals surface area contributed by atoms with Crippen LogP contribution in [0, 0.1) is 0 Å². The first kappa shape index (κ1) is 22.0. The second-order valence-corrected chi connectivity index (χ2v) is 8.01. The third kappa shape index (κ3) is 5.27. The van der Waals surface area contributed by atoms with Crippen molar-refractivity contribution in [3.05, 3.63) is 47.1 Å². The van der Waals surface area contributed by atoms with Gasteiger partial charge in [-0.2, -0.15) is 0 Å². The Hall–Kier alpha value is -2.67. The first-order valence-electron chi connectivity index (χ1n) is 10.5. The Morgan fingerprint density at radius 2 is 1.90 bits per heavy atom. The molecule has 160 valence electrons. The molecule has 0 N–H and O–H groups in total. The van der Waals surface area contributed by atoms with E-state index in [0.29, 0.717) is 19.7 Å². The number of ether oxygens (including phenoxy) is 1. The molecular weight excluding hydrogens is 398 g/mol. The van der Waals surface area contributed by atoms with Crippen LogP contribution in [-0.2, 0) is 27.2 Å². The van der Waals surface area contributed by atoms with E-state index in [0.717, 1.165) is 34.8 Å². The van der Waals surface area contributed by atoms with E-state index in [4.69, 9.17) is 9.72 Å². The zero-order valence-electron chi connectivity index (χ0n) is 17.9. The Morgan fingerprint density at radius 3 is 2.57 bits per heavy atom. The molecular formula is C23H29N3O3S. The van der Waals surface area contributed by atoms with Gasteiger partial charge in [0.1, 0.15) is 0 Å². The highest BCUT2D eigenvalue weighted by Crippen LogP contribution is 2.24. The summed E-state index contributed by atoms with van der Waals surface area (Å²) in [6, 6.07) is 8.43. The maximum Gasteiger partial charge on any atom is 0.307 e. The van der Waals surface area contributed by atoms with Gasteiger partial charge in [0.25, 0.3) is 0 Å². The predicted octanol–water partition coefficient (Wildman–Crippen LogP) is 4.36. The van der Waals surface area contributed by atoms with E-state index in [2.05, 4.69) is 31.2 Å². The SMILES string of the molecule is CCCN(CCC(=O)OCC)C(=O)Cc1csc2nc(-c3ccc(CC)cc3)cn12. The van der Waals surface area contributed by atoms with Crippen molar-refractivity contribution in [2.75, 3.05) is 19.7 Å². The monoisotopic (exact) mass is 427 g/mol. The fourth-order valence-corrected chi connectivity index (χ4v) is 4.24. The maximum absolute atomic E-state index is 12.9. The molecule has 7 heteroatoms. The fraction of sp³-hybridized carbons (Fsp3) is 0.435. The van der Waals surface area contributed by atoms with E-state index in [-0.39, 0.29) is 24.7 Å². The van der Waals surface area contributed by atoms with Crippen LogP contribution in [0.15, 0.2) is 35.8 Å². The van der Waals surface area contributed by atoms with Gasteiger partial charge in [-0.1, -0.05) is 38.1 Å². The largest absolute Gasteiger partial charge is 0.466 e. The van der Waals surface area contributed by atoms with Gasteiger partial charge >= 0.3 is 5.97 Å². The van der Waals surface area contributed by atoms with E-state index in [1.165, 1.54) is 16.9 Å². The van der Waals surface area contributed by atoms with E-state index in [9.17, 15) is 9.59 Å². The summed E-state index contributed by atoms with van der Waals surface area (Å²) in [7, 11) is 0. The Bertz CT molecular complexity index is 991. The summed E-state index contributed by atoms with van der Waals surface area (Å²) in [4.78, 5) is 31.9. The lowest BCUT2D eigenvalue weighted by atomic mass is 10.1. The molecule has 0 atom stereocenters. The topological polar surface area (TPSA) is 63.9 Å². The summed E-state index contributed by atoms with van der Waals surface area (Å²) in [6.45, 7) is 7.32.